The standard InChI is InChI=1S/C43H50N4O5/c1-28(2)52-43(51)40(48)38(22-29-12-4-3-5-13-29)46-42(50)39(25-35-26-44-27-45-35)47-41(49)34(23-32-18-10-16-30-14-6-8-20-36(30)32)24-33-19-11-17-31-15-7-9-21-37(31)33/h6-11,14-21,26-29,34,38-40,48H,3-5,12-13,22-25H2,1-2H3,(H,44,45)(H,46,50)(H,47,49)/t38-,39-,40?/m0/s1. The maximum absolute atomic E-state index is 14.6. The van der Waals surface area contributed by atoms with Gasteiger partial charge in [-0.15, -0.1) is 0 Å². The third-order valence-corrected chi connectivity index (χ3v) is 10.3. The molecule has 6 rings (SSSR count). The summed E-state index contributed by atoms with van der Waals surface area (Å²) in [6.07, 6.45) is 7.99. The van der Waals surface area contributed by atoms with Gasteiger partial charge < -0.3 is 25.5 Å². The minimum atomic E-state index is -1.54. The normalized spacial score (nSPS) is 15.4. The van der Waals surface area contributed by atoms with E-state index in [0.29, 0.717) is 25.0 Å². The van der Waals surface area contributed by atoms with Gasteiger partial charge in [-0.1, -0.05) is 117 Å². The van der Waals surface area contributed by atoms with Crippen LogP contribution in [0.25, 0.3) is 21.5 Å². The van der Waals surface area contributed by atoms with Crippen molar-refractivity contribution in [2.75, 3.05) is 0 Å². The Morgan fingerprint density at radius 3 is 1.96 bits per heavy atom. The number of aliphatic hydroxyl groups is 1. The van der Waals surface area contributed by atoms with Gasteiger partial charge >= 0.3 is 5.97 Å². The van der Waals surface area contributed by atoms with Crippen molar-refractivity contribution >= 4 is 39.3 Å². The first kappa shape index (κ1) is 36.8. The van der Waals surface area contributed by atoms with Crippen LogP contribution in [0.3, 0.4) is 0 Å². The summed E-state index contributed by atoms with van der Waals surface area (Å²) in [5.74, 6) is -1.78. The molecule has 1 unspecified atom stereocenters. The summed E-state index contributed by atoms with van der Waals surface area (Å²) in [6.45, 7) is 3.45. The molecule has 4 N–H and O–H groups in total. The molecule has 1 fully saturated rings. The SMILES string of the molecule is CC(C)OC(=O)C(O)[C@H](CC1CCCCC1)NC(=O)[C@H](Cc1c[nH]cn1)NC(=O)C(Cc1cccc2ccccc12)Cc1cccc2ccccc12. The van der Waals surface area contributed by atoms with Crippen LogP contribution in [0.2, 0.25) is 0 Å². The lowest BCUT2D eigenvalue weighted by atomic mass is 9.83. The molecule has 0 aliphatic heterocycles. The van der Waals surface area contributed by atoms with Crippen molar-refractivity contribution in [2.24, 2.45) is 11.8 Å². The van der Waals surface area contributed by atoms with Crippen LogP contribution >= 0.6 is 0 Å². The van der Waals surface area contributed by atoms with Crippen molar-refractivity contribution in [2.45, 2.75) is 95.9 Å². The van der Waals surface area contributed by atoms with Crippen molar-refractivity contribution in [1.29, 1.82) is 0 Å². The van der Waals surface area contributed by atoms with E-state index in [1.54, 1.807) is 20.0 Å². The number of aliphatic hydroxyl groups excluding tert-OH is 1. The number of fused-ring (bicyclic) bond motifs is 2. The van der Waals surface area contributed by atoms with Crippen LogP contribution in [0, 0.1) is 11.8 Å². The fraction of sp³-hybridized carbons (Fsp3) is 0.395. The Hall–Kier alpha value is -5.02. The van der Waals surface area contributed by atoms with Crippen molar-refractivity contribution < 1.29 is 24.2 Å². The highest BCUT2D eigenvalue weighted by Gasteiger charge is 2.35. The lowest BCUT2D eigenvalue weighted by Crippen LogP contribution is -2.56. The summed E-state index contributed by atoms with van der Waals surface area (Å²) in [7, 11) is 0. The van der Waals surface area contributed by atoms with Crippen LogP contribution in [-0.4, -0.2) is 57.1 Å². The molecule has 1 saturated carbocycles. The molecular weight excluding hydrogens is 652 g/mol. The van der Waals surface area contributed by atoms with Crippen molar-refractivity contribution in [3.63, 3.8) is 0 Å². The number of benzene rings is 4. The minimum Gasteiger partial charge on any atom is -0.461 e. The third kappa shape index (κ3) is 9.44. The smallest absolute Gasteiger partial charge is 0.337 e. The average Bonchev–Trinajstić information content (AvgIpc) is 3.67. The van der Waals surface area contributed by atoms with E-state index < -0.39 is 42.1 Å². The fourth-order valence-corrected chi connectivity index (χ4v) is 7.64. The molecule has 0 spiro atoms. The van der Waals surface area contributed by atoms with E-state index in [9.17, 15) is 19.5 Å². The number of hydrogen-bond acceptors (Lipinski definition) is 6. The zero-order chi connectivity index (χ0) is 36.5. The van der Waals surface area contributed by atoms with Gasteiger partial charge in [0, 0.05) is 18.5 Å². The number of aromatic amines is 1. The van der Waals surface area contributed by atoms with E-state index in [0.717, 1.165) is 64.8 Å². The van der Waals surface area contributed by atoms with E-state index in [2.05, 4.69) is 69.1 Å². The Bertz CT molecular complexity index is 1860. The zero-order valence-electron chi connectivity index (χ0n) is 30.1. The van der Waals surface area contributed by atoms with Gasteiger partial charge in [-0.3, -0.25) is 9.59 Å². The van der Waals surface area contributed by atoms with Crippen LogP contribution in [0.4, 0.5) is 0 Å². The predicted molar refractivity (Wildman–Crippen MR) is 203 cm³/mol. The molecule has 0 radical (unpaired) electrons. The summed E-state index contributed by atoms with van der Waals surface area (Å²) in [6, 6.07) is 26.7. The molecule has 1 aliphatic rings. The average molecular weight is 703 g/mol. The largest absolute Gasteiger partial charge is 0.461 e. The number of nitrogens with zero attached hydrogens (tertiary/aromatic N) is 1. The summed E-state index contributed by atoms with van der Waals surface area (Å²) < 4.78 is 5.36. The number of nitrogens with one attached hydrogen (secondary N) is 3. The van der Waals surface area contributed by atoms with Gasteiger partial charge in [0.05, 0.1) is 24.2 Å². The number of hydrogen-bond donors (Lipinski definition) is 4. The second-order valence-electron chi connectivity index (χ2n) is 14.5. The van der Waals surface area contributed by atoms with Crippen LogP contribution < -0.4 is 10.6 Å². The van der Waals surface area contributed by atoms with Crippen LogP contribution in [0.1, 0.15) is 69.2 Å². The number of ether oxygens (including phenoxy) is 1. The molecule has 2 amide bonds. The van der Waals surface area contributed by atoms with Gasteiger partial charge in [0.1, 0.15) is 6.04 Å². The molecule has 4 aromatic carbocycles. The second-order valence-corrected chi connectivity index (χ2v) is 14.5. The van der Waals surface area contributed by atoms with Gasteiger partial charge in [0.15, 0.2) is 6.10 Å². The summed E-state index contributed by atoms with van der Waals surface area (Å²) >= 11 is 0. The van der Waals surface area contributed by atoms with E-state index in [4.69, 9.17) is 4.74 Å². The molecule has 5 aromatic rings. The summed E-state index contributed by atoms with van der Waals surface area (Å²) in [4.78, 5) is 49.1. The topological polar surface area (TPSA) is 133 Å². The lowest BCUT2D eigenvalue weighted by molar-refractivity contribution is -0.159. The number of rotatable bonds is 15. The molecule has 9 nitrogen and oxygen atoms in total. The number of aromatic nitrogens is 2. The number of imidazole rings is 1. The maximum atomic E-state index is 14.6. The molecule has 52 heavy (non-hydrogen) atoms. The number of H-pyrrole nitrogens is 1. The summed E-state index contributed by atoms with van der Waals surface area (Å²) in [5.41, 5.74) is 2.70. The van der Waals surface area contributed by atoms with Gasteiger partial charge in [-0.25, -0.2) is 9.78 Å². The molecule has 1 aromatic heterocycles. The monoisotopic (exact) mass is 702 g/mol. The molecular formula is C43H50N4O5. The van der Waals surface area contributed by atoms with Gasteiger partial charge in [-0.05, 0) is 71.7 Å². The van der Waals surface area contributed by atoms with Crippen molar-refractivity contribution in [1.82, 2.24) is 20.6 Å². The molecule has 0 saturated heterocycles. The highest BCUT2D eigenvalue weighted by Crippen LogP contribution is 2.29. The first-order chi connectivity index (χ1) is 25.2. The van der Waals surface area contributed by atoms with Gasteiger partial charge in [-0.2, -0.15) is 0 Å². The Morgan fingerprint density at radius 2 is 1.38 bits per heavy atom. The number of esters is 1. The highest BCUT2D eigenvalue weighted by molar-refractivity contribution is 5.92. The van der Waals surface area contributed by atoms with Crippen LogP contribution in [0.5, 0.6) is 0 Å². The Morgan fingerprint density at radius 1 is 0.788 bits per heavy atom. The van der Waals surface area contributed by atoms with Gasteiger partial charge in [0.2, 0.25) is 11.8 Å². The fourth-order valence-electron chi connectivity index (χ4n) is 7.64. The number of carbonyl (C=O) groups is 3. The number of amides is 2. The van der Waals surface area contributed by atoms with Crippen molar-refractivity contribution in [3.05, 3.63) is 114 Å². The second kappa shape index (κ2) is 17.5. The lowest BCUT2D eigenvalue weighted by Gasteiger charge is -2.31. The van der Waals surface area contributed by atoms with Gasteiger partial charge in [0.25, 0.3) is 0 Å². The van der Waals surface area contributed by atoms with Crippen LogP contribution in [0.15, 0.2) is 97.5 Å². The Labute approximate surface area is 305 Å². The first-order valence-electron chi connectivity index (χ1n) is 18.7. The first-order valence-corrected chi connectivity index (χ1v) is 18.7. The zero-order valence-corrected chi connectivity index (χ0v) is 30.1. The Balaban J connectivity index is 1.29. The molecule has 0 bridgehead atoms. The van der Waals surface area contributed by atoms with E-state index in [1.165, 1.54) is 6.33 Å². The highest BCUT2D eigenvalue weighted by atomic mass is 16.6. The Kier molecular flexibility index (Phi) is 12.3. The minimum absolute atomic E-state index is 0.124. The van der Waals surface area contributed by atoms with E-state index >= 15 is 0 Å². The van der Waals surface area contributed by atoms with E-state index in [1.807, 2.05) is 36.4 Å². The molecule has 272 valence electrons. The van der Waals surface area contributed by atoms with Crippen molar-refractivity contribution in [3.8, 4) is 0 Å². The predicted octanol–water partition coefficient (Wildman–Crippen LogP) is 6.61. The number of carbonyl (C=O) groups excluding carboxylic acids is 3. The molecule has 1 heterocycles. The summed E-state index contributed by atoms with van der Waals surface area (Å²) in [5, 5.41) is 21.7. The van der Waals surface area contributed by atoms with Crippen LogP contribution in [-0.2, 0) is 38.4 Å². The third-order valence-electron chi connectivity index (χ3n) is 10.3. The molecule has 9 heteroatoms. The van der Waals surface area contributed by atoms with E-state index in [-0.39, 0.29) is 18.2 Å². The quantitative estimate of drug-likeness (QED) is 0.0908. The molecule has 3 atom stereocenters. The molecule has 1 aliphatic carbocycles. The maximum Gasteiger partial charge on any atom is 0.337 e.